The third kappa shape index (κ3) is 3.34. The van der Waals surface area contributed by atoms with Gasteiger partial charge in [-0.05, 0) is 0 Å². The maximum atomic E-state index is 11.8. The molecule has 23 heavy (non-hydrogen) atoms. The van der Waals surface area contributed by atoms with Crippen LogP contribution < -0.4 is 11.3 Å². The maximum Gasteiger partial charge on any atom is 0.280 e. The number of aromatic nitrogens is 4. The van der Waals surface area contributed by atoms with Gasteiger partial charge in [0.05, 0.1) is 19.0 Å². The van der Waals surface area contributed by atoms with E-state index in [2.05, 4.69) is 15.0 Å². The normalized spacial score (nSPS) is 23.7. The van der Waals surface area contributed by atoms with Crippen LogP contribution in [0.25, 0.3) is 11.2 Å². The number of fused-ring (bicyclic) bond motifs is 1. The van der Waals surface area contributed by atoms with Crippen LogP contribution in [0.5, 0.6) is 0 Å². The number of nitrogens with zero attached hydrogens (tertiary/aromatic N) is 3. The Morgan fingerprint density at radius 1 is 1.52 bits per heavy atom. The second kappa shape index (κ2) is 7.51. The number of aliphatic hydroxyl groups is 1. The Balaban J connectivity index is 0.000000924. The topological polar surface area (TPSA) is 138 Å². The van der Waals surface area contributed by atoms with Crippen molar-refractivity contribution in [1.82, 2.24) is 19.5 Å². The number of methoxy groups -OCH3 is 2. The second-order valence-corrected chi connectivity index (χ2v) is 4.89. The van der Waals surface area contributed by atoms with Crippen molar-refractivity contribution in [2.45, 2.75) is 24.9 Å². The van der Waals surface area contributed by atoms with Crippen LogP contribution in [0.2, 0.25) is 0 Å². The summed E-state index contributed by atoms with van der Waals surface area (Å²) in [5.74, 6) is 0.0367. The number of hydrogen-bond acceptors (Lipinski definition) is 8. The Morgan fingerprint density at radius 2 is 2.26 bits per heavy atom. The molecule has 0 aliphatic carbocycles. The number of aliphatic hydroxyl groups excluding tert-OH is 1. The first-order chi connectivity index (χ1) is 11.1. The Morgan fingerprint density at radius 3 is 2.91 bits per heavy atom. The highest BCUT2D eigenvalue weighted by Gasteiger charge is 2.37. The van der Waals surface area contributed by atoms with Gasteiger partial charge in [-0.2, -0.15) is 4.98 Å². The van der Waals surface area contributed by atoms with E-state index in [1.54, 1.807) is 18.8 Å². The first kappa shape index (κ1) is 17.3. The first-order valence-corrected chi connectivity index (χ1v) is 6.98. The molecule has 1 aliphatic heterocycles. The zero-order valence-corrected chi connectivity index (χ0v) is 13.2. The third-order valence-corrected chi connectivity index (χ3v) is 3.53. The molecule has 3 heterocycles. The quantitative estimate of drug-likeness (QED) is 0.667. The van der Waals surface area contributed by atoms with Gasteiger partial charge in [0, 0.05) is 27.8 Å². The van der Waals surface area contributed by atoms with Gasteiger partial charge >= 0.3 is 0 Å². The summed E-state index contributed by atoms with van der Waals surface area (Å²) in [5.41, 5.74) is 5.81. The molecule has 2 aromatic rings. The minimum absolute atomic E-state index is 0.0367. The predicted octanol–water partition coefficient (Wildman–Crippen LogP) is -0.741. The molecule has 2 aromatic heterocycles. The summed E-state index contributed by atoms with van der Waals surface area (Å²) in [7, 11) is 4.23. The van der Waals surface area contributed by atoms with E-state index in [0.717, 1.165) is 7.11 Å². The zero-order valence-electron chi connectivity index (χ0n) is 13.2. The van der Waals surface area contributed by atoms with Gasteiger partial charge in [0.1, 0.15) is 6.10 Å². The Labute approximate surface area is 132 Å². The average Bonchev–Trinajstić information content (AvgIpc) is 3.13. The molecule has 0 aromatic carbocycles. The van der Waals surface area contributed by atoms with Crippen molar-refractivity contribution < 1.29 is 19.3 Å². The summed E-state index contributed by atoms with van der Waals surface area (Å²) in [6.07, 6.45) is 1.52. The largest absolute Gasteiger partial charge is 0.400 e. The van der Waals surface area contributed by atoms with Gasteiger partial charge in [-0.15, -0.1) is 0 Å². The van der Waals surface area contributed by atoms with Gasteiger partial charge in [0.25, 0.3) is 5.56 Å². The minimum Gasteiger partial charge on any atom is -0.400 e. The lowest BCUT2D eigenvalue weighted by atomic mass is 10.2. The highest BCUT2D eigenvalue weighted by atomic mass is 16.6. The molecule has 4 N–H and O–H groups in total. The maximum absolute atomic E-state index is 11.8. The standard InChI is InChI=1S/C12H17N5O4.CH4O/c1-19-4-6-3-7(20-2)11(21-6)17-5-14-8-9(17)15-12(13)16-10(8)18;1-2/h5-7,11H,3-4H2,1-2H3,(H3,13,15,16,18);2H,1H3/t6-,7?,11+;/m0./s1. The number of anilines is 1. The van der Waals surface area contributed by atoms with Gasteiger partial charge in [0.2, 0.25) is 5.95 Å². The van der Waals surface area contributed by atoms with E-state index in [1.165, 1.54) is 6.33 Å². The van der Waals surface area contributed by atoms with Crippen LogP contribution in [0, 0.1) is 0 Å². The van der Waals surface area contributed by atoms with Gasteiger partial charge in [-0.1, -0.05) is 0 Å². The Bertz CT molecular complexity index is 700. The molecule has 1 saturated heterocycles. The van der Waals surface area contributed by atoms with Crippen LogP contribution in [-0.2, 0) is 14.2 Å². The molecule has 0 spiro atoms. The van der Waals surface area contributed by atoms with Crippen LogP contribution in [0.1, 0.15) is 12.6 Å². The SMILES string of the molecule is CO.COC[C@@H]1CC(OC)[C@H](n2cnc3c(=O)[nH]c(N)nc32)O1. The van der Waals surface area contributed by atoms with Crippen molar-refractivity contribution in [2.75, 3.05) is 33.7 Å². The van der Waals surface area contributed by atoms with E-state index in [9.17, 15) is 4.79 Å². The smallest absolute Gasteiger partial charge is 0.280 e. The fraction of sp³-hybridized carbons (Fsp3) is 0.615. The van der Waals surface area contributed by atoms with Crippen LogP contribution in [0.15, 0.2) is 11.1 Å². The lowest BCUT2D eigenvalue weighted by molar-refractivity contribution is -0.0625. The van der Waals surface area contributed by atoms with Crippen molar-refractivity contribution in [3.05, 3.63) is 16.7 Å². The van der Waals surface area contributed by atoms with Crippen molar-refractivity contribution in [3.63, 3.8) is 0 Å². The van der Waals surface area contributed by atoms with Crippen LogP contribution in [-0.4, -0.2) is 64.8 Å². The van der Waals surface area contributed by atoms with E-state index < -0.39 is 6.23 Å². The number of nitrogens with two attached hydrogens (primary N) is 1. The molecule has 10 heteroatoms. The summed E-state index contributed by atoms with van der Waals surface area (Å²) >= 11 is 0. The molecular weight excluding hydrogens is 306 g/mol. The van der Waals surface area contributed by atoms with Crippen LogP contribution in [0.4, 0.5) is 5.95 Å². The molecule has 0 amide bonds. The summed E-state index contributed by atoms with van der Waals surface area (Å²) in [4.78, 5) is 22.4. The van der Waals surface area contributed by atoms with Crippen molar-refractivity contribution in [2.24, 2.45) is 0 Å². The molecule has 0 radical (unpaired) electrons. The zero-order chi connectivity index (χ0) is 17.0. The molecule has 1 aliphatic rings. The van der Waals surface area contributed by atoms with E-state index in [-0.39, 0.29) is 29.2 Å². The number of imidazole rings is 1. The first-order valence-electron chi connectivity index (χ1n) is 6.98. The summed E-state index contributed by atoms with van der Waals surface area (Å²) < 4.78 is 18.2. The molecular formula is C13H21N5O5. The molecule has 1 unspecified atom stereocenters. The Kier molecular flexibility index (Phi) is 5.66. The number of hydrogen-bond donors (Lipinski definition) is 3. The highest BCUT2D eigenvalue weighted by Crippen LogP contribution is 2.32. The number of rotatable bonds is 4. The molecule has 3 rings (SSSR count). The van der Waals surface area contributed by atoms with Gasteiger partial charge in [-0.25, -0.2) is 4.98 Å². The highest BCUT2D eigenvalue weighted by molar-refractivity contribution is 5.70. The molecule has 10 nitrogen and oxygen atoms in total. The second-order valence-electron chi connectivity index (χ2n) is 4.89. The summed E-state index contributed by atoms with van der Waals surface area (Å²) in [5, 5.41) is 7.00. The van der Waals surface area contributed by atoms with Crippen molar-refractivity contribution >= 4 is 17.1 Å². The fourth-order valence-electron chi connectivity index (χ4n) is 2.60. The van der Waals surface area contributed by atoms with E-state index >= 15 is 0 Å². The van der Waals surface area contributed by atoms with E-state index in [4.69, 9.17) is 25.1 Å². The number of nitrogens with one attached hydrogen (secondary N) is 1. The molecule has 1 fully saturated rings. The number of aromatic amines is 1. The average molecular weight is 327 g/mol. The number of ether oxygens (including phenoxy) is 3. The van der Waals surface area contributed by atoms with E-state index in [0.29, 0.717) is 18.7 Å². The van der Waals surface area contributed by atoms with Gasteiger partial charge in [0.15, 0.2) is 17.4 Å². The third-order valence-electron chi connectivity index (χ3n) is 3.53. The monoisotopic (exact) mass is 327 g/mol. The van der Waals surface area contributed by atoms with Crippen molar-refractivity contribution in [1.29, 1.82) is 0 Å². The molecule has 128 valence electrons. The van der Waals surface area contributed by atoms with Crippen molar-refractivity contribution in [3.8, 4) is 0 Å². The van der Waals surface area contributed by atoms with Gasteiger partial charge in [-0.3, -0.25) is 14.3 Å². The van der Waals surface area contributed by atoms with Crippen LogP contribution in [0.3, 0.4) is 0 Å². The number of nitrogen functional groups attached to an aromatic ring is 1. The molecule has 3 atom stereocenters. The lowest BCUT2D eigenvalue weighted by Crippen LogP contribution is -2.22. The summed E-state index contributed by atoms with van der Waals surface area (Å²) in [6, 6.07) is 0. The molecule has 0 saturated carbocycles. The van der Waals surface area contributed by atoms with Gasteiger partial charge < -0.3 is 25.1 Å². The lowest BCUT2D eigenvalue weighted by Gasteiger charge is -2.19. The Hall–Kier alpha value is -2.01. The van der Waals surface area contributed by atoms with E-state index in [1.807, 2.05) is 0 Å². The minimum atomic E-state index is -0.422. The fourth-order valence-corrected chi connectivity index (χ4v) is 2.60. The molecule has 0 bridgehead atoms. The predicted molar refractivity (Wildman–Crippen MR) is 81.9 cm³/mol. The summed E-state index contributed by atoms with van der Waals surface area (Å²) in [6.45, 7) is 0.471. The number of H-pyrrole nitrogens is 1. The van der Waals surface area contributed by atoms with Crippen LogP contribution >= 0.6 is 0 Å².